The molecule has 2 rings (SSSR count). The van der Waals surface area contributed by atoms with Gasteiger partial charge in [0.15, 0.2) is 0 Å². The topological polar surface area (TPSA) is 79.0 Å². The molecule has 0 unspecified atom stereocenters. The SMILES string of the molecule is CN(C)S(=O)(=O)n1c(C#N)nc2cc(C(F)(F)F)cc(C(F)(F)F)c21. The number of hydrogen-bond donors (Lipinski definition) is 0. The van der Waals surface area contributed by atoms with Crippen LogP contribution in [0, 0.1) is 11.3 Å². The molecule has 1 aromatic heterocycles. The van der Waals surface area contributed by atoms with E-state index in [1.54, 1.807) is 0 Å². The number of nitriles is 1. The van der Waals surface area contributed by atoms with Crippen molar-refractivity contribution < 1.29 is 34.8 Å². The van der Waals surface area contributed by atoms with Gasteiger partial charge in [-0.05, 0) is 12.1 Å². The third kappa shape index (κ3) is 3.14. The van der Waals surface area contributed by atoms with Crippen molar-refractivity contribution in [2.75, 3.05) is 14.1 Å². The molecule has 0 saturated heterocycles. The molecular weight excluding hydrogens is 378 g/mol. The minimum absolute atomic E-state index is 0.0225. The van der Waals surface area contributed by atoms with E-state index >= 15 is 0 Å². The van der Waals surface area contributed by atoms with E-state index in [4.69, 9.17) is 5.26 Å². The van der Waals surface area contributed by atoms with Crippen molar-refractivity contribution in [3.05, 3.63) is 29.1 Å². The van der Waals surface area contributed by atoms with Gasteiger partial charge in [-0.25, -0.2) is 4.98 Å². The highest BCUT2D eigenvalue weighted by Crippen LogP contribution is 2.40. The van der Waals surface area contributed by atoms with Gasteiger partial charge in [0.2, 0.25) is 5.82 Å². The lowest BCUT2D eigenvalue weighted by atomic mass is 10.1. The van der Waals surface area contributed by atoms with Gasteiger partial charge in [-0.1, -0.05) is 0 Å². The molecule has 13 heteroatoms. The number of rotatable bonds is 2. The second kappa shape index (κ2) is 5.60. The molecule has 0 atom stereocenters. The van der Waals surface area contributed by atoms with E-state index in [0.717, 1.165) is 14.1 Å². The van der Waals surface area contributed by atoms with E-state index in [2.05, 4.69) is 4.98 Å². The molecule has 0 amide bonds. The molecule has 0 radical (unpaired) electrons. The summed E-state index contributed by atoms with van der Waals surface area (Å²) in [5.74, 6) is -0.992. The summed E-state index contributed by atoms with van der Waals surface area (Å²) in [5, 5.41) is 8.97. The molecule has 0 aliphatic carbocycles. The van der Waals surface area contributed by atoms with Crippen LogP contribution >= 0.6 is 0 Å². The third-order valence-corrected chi connectivity index (χ3v) is 4.88. The summed E-state index contributed by atoms with van der Waals surface area (Å²) in [4.78, 5) is 3.32. The van der Waals surface area contributed by atoms with Crippen LogP contribution in [0.5, 0.6) is 0 Å². The number of halogens is 6. The lowest BCUT2D eigenvalue weighted by molar-refractivity contribution is -0.142. The second-order valence-corrected chi connectivity index (χ2v) is 6.98. The van der Waals surface area contributed by atoms with E-state index < -0.39 is 50.5 Å². The van der Waals surface area contributed by atoms with E-state index in [9.17, 15) is 34.8 Å². The fraction of sp³-hybridized carbons (Fsp3) is 0.333. The van der Waals surface area contributed by atoms with Crippen LogP contribution in [0.2, 0.25) is 0 Å². The Hall–Kier alpha value is -2.33. The minimum Gasteiger partial charge on any atom is -0.218 e. The molecular formula is C12H8F6N4O2S. The monoisotopic (exact) mass is 386 g/mol. The van der Waals surface area contributed by atoms with E-state index in [-0.39, 0.29) is 16.1 Å². The number of hydrogen-bond acceptors (Lipinski definition) is 4. The molecule has 6 nitrogen and oxygen atoms in total. The van der Waals surface area contributed by atoms with Crippen LogP contribution in [0.1, 0.15) is 17.0 Å². The Bertz CT molecular complexity index is 982. The summed E-state index contributed by atoms with van der Waals surface area (Å²) < 4.78 is 103. The van der Waals surface area contributed by atoms with Crippen molar-refractivity contribution in [2.24, 2.45) is 0 Å². The average molecular weight is 386 g/mol. The maximum absolute atomic E-state index is 13.3. The van der Waals surface area contributed by atoms with Crippen LogP contribution in [0.4, 0.5) is 26.3 Å². The van der Waals surface area contributed by atoms with Crippen LogP contribution in [-0.4, -0.2) is 35.8 Å². The van der Waals surface area contributed by atoms with Crippen LogP contribution < -0.4 is 0 Å². The van der Waals surface area contributed by atoms with Crippen molar-refractivity contribution in [2.45, 2.75) is 12.4 Å². The number of alkyl halides is 6. The Balaban J connectivity index is 3.10. The molecule has 0 fully saturated rings. The van der Waals surface area contributed by atoms with Gasteiger partial charge < -0.3 is 0 Å². The molecule has 136 valence electrons. The van der Waals surface area contributed by atoms with Crippen molar-refractivity contribution in [1.29, 1.82) is 5.26 Å². The predicted molar refractivity (Wildman–Crippen MR) is 72.5 cm³/mol. The zero-order valence-corrected chi connectivity index (χ0v) is 13.3. The van der Waals surface area contributed by atoms with Crippen molar-refractivity contribution in [3.8, 4) is 6.07 Å². The van der Waals surface area contributed by atoms with Gasteiger partial charge in [0, 0.05) is 14.1 Å². The summed E-state index contributed by atoms with van der Waals surface area (Å²) in [7, 11) is -2.68. The molecule has 0 spiro atoms. The molecule has 2 aromatic rings. The van der Waals surface area contributed by atoms with Crippen LogP contribution in [0.15, 0.2) is 12.1 Å². The summed E-state index contributed by atoms with van der Waals surface area (Å²) in [6.07, 6.45) is -10.4. The lowest BCUT2D eigenvalue weighted by Crippen LogP contribution is -2.30. The summed E-state index contributed by atoms with van der Waals surface area (Å²) in [6.45, 7) is 0. The zero-order valence-electron chi connectivity index (χ0n) is 12.4. The van der Waals surface area contributed by atoms with Crippen LogP contribution in [0.25, 0.3) is 11.0 Å². The van der Waals surface area contributed by atoms with Crippen molar-refractivity contribution in [3.63, 3.8) is 0 Å². The van der Waals surface area contributed by atoms with Gasteiger partial charge in [-0.3, -0.25) is 0 Å². The normalized spacial score (nSPS) is 13.4. The quantitative estimate of drug-likeness (QED) is 0.744. The average Bonchev–Trinajstić information content (AvgIpc) is 2.82. The van der Waals surface area contributed by atoms with Gasteiger partial charge in [0.25, 0.3) is 0 Å². The van der Waals surface area contributed by atoms with Gasteiger partial charge in [-0.2, -0.15) is 48.3 Å². The Morgan fingerprint density at radius 3 is 2.08 bits per heavy atom. The number of fused-ring (bicyclic) bond motifs is 1. The minimum atomic E-state index is -5.31. The molecule has 1 heterocycles. The van der Waals surface area contributed by atoms with Gasteiger partial charge in [0.05, 0.1) is 22.2 Å². The number of benzene rings is 1. The Morgan fingerprint density at radius 2 is 1.68 bits per heavy atom. The van der Waals surface area contributed by atoms with Gasteiger partial charge >= 0.3 is 22.6 Å². The van der Waals surface area contributed by atoms with E-state index in [0.29, 0.717) is 4.31 Å². The maximum Gasteiger partial charge on any atom is 0.418 e. The molecule has 0 bridgehead atoms. The second-order valence-electron chi connectivity index (χ2n) is 4.99. The Labute approximate surface area is 137 Å². The predicted octanol–water partition coefficient (Wildman–Crippen LogP) is 2.60. The van der Waals surface area contributed by atoms with E-state index in [1.807, 2.05) is 0 Å². The summed E-state index contributed by atoms with van der Waals surface area (Å²) >= 11 is 0. The number of nitrogens with zero attached hydrogens (tertiary/aromatic N) is 4. The summed E-state index contributed by atoms with van der Waals surface area (Å²) in [5.41, 5.74) is -5.59. The first-order valence-corrected chi connectivity index (χ1v) is 7.65. The highest BCUT2D eigenvalue weighted by molar-refractivity contribution is 7.87. The fourth-order valence-electron chi connectivity index (χ4n) is 2.02. The summed E-state index contributed by atoms with van der Waals surface area (Å²) in [6, 6.07) is 1.32. The lowest BCUT2D eigenvalue weighted by Gasteiger charge is -2.17. The first-order valence-electron chi connectivity index (χ1n) is 6.25. The maximum atomic E-state index is 13.3. The standard InChI is InChI=1S/C12H8F6N4O2S/c1-21(2)25(23,24)22-9(5-19)20-8-4-6(11(13,14)15)3-7(10(8)22)12(16,17)18/h3-4H,1-2H3. The Morgan fingerprint density at radius 1 is 1.12 bits per heavy atom. The smallest absolute Gasteiger partial charge is 0.218 e. The molecule has 0 aliphatic heterocycles. The number of aromatic nitrogens is 2. The van der Waals surface area contributed by atoms with Crippen LogP contribution in [-0.2, 0) is 22.6 Å². The van der Waals surface area contributed by atoms with Gasteiger partial charge in [-0.15, -0.1) is 0 Å². The highest BCUT2D eigenvalue weighted by atomic mass is 32.2. The molecule has 0 N–H and O–H groups in total. The van der Waals surface area contributed by atoms with Gasteiger partial charge in [0.1, 0.15) is 6.07 Å². The third-order valence-electron chi connectivity index (χ3n) is 3.14. The molecule has 25 heavy (non-hydrogen) atoms. The number of imidazole rings is 1. The zero-order chi connectivity index (χ0) is 19.4. The van der Waals surface area contributed by atoms with Crippen molar-refractivity contribution in [1.82, 2.24) is 13.3 Å². The molecule has 1 aromatic carbocycles. The largest absolute Gasteiger partial charge is 0.418 e. The Kier molecular flexibility index (Phi) is 4.25. The van der Waals surface area contributed by atoms with E-state index in [1.165, 1.54) is 6.07 Å². The highest BCUT2D eigenvalue weighted by Gasteiger charge is 2.41. The fourth-order valence-corrected chi connectivity index (χ4v) is 3.07. The first kappa shape index (κ1) is 19.0. The van der Waals surface area contributed by atoms with Crippen molar-refractivity contribution >= 4 is 21.2 Å². The first-order chi connectivity index (χ1) is 11.2. The van der Waals surface area contributed by atoms with Crippen LogP contribution in [0.3, 0.4) is 0 Å². The molecule has 0 aliphatic rings. The molecule has 0 saturated carbocycles.